The van der Waals surface area contributed by atoms with Gasteiger partial charge in [0.15, 0.2) is 0 Å². The molecule has 3 atom stereocenters. The fraction of sp³-hybridized carbons (Fsp3) is 0.667. The molecule has 0 aromatic carbocycles. The molecule has 1 rings (SSSR count). The Kier molecular flexibility index (Phi) is 8.62. The van der Waals surface area contributed by atoms with Gasteiger partial charge >= 0.3 is 5.97 Å². The van der Waals surface area contributed by atoms with Gasteiger partial charge in [-0.1, -0.05) is 0 Å². The van der Waals surface area contributed by atoms with Gasteiger partial charge in [0.25, 0.3) is 0 Å². The number of nitrogens with zero attached hydrogens (tertiary/aromatic N) is 1. The highest BCUT2D eigenvalue weighted by molar-refractivity contribution is 5.94. The molecule has 0 radical (unpaired) electrons. The lowest BCUT2D eigenvalue weighted by molar-refractivity contribution is -0.141. The average Bonchev–Trinajstić information content (AvgIpc) is 3.10. The molecule has 1 heterocycles. The molecule has 1 saturated heterocycles. The molecule has 0 bridgehead atoms. The number of aliphatic hydroxyl groups excluding tert-OH is 1. The van der Waals surface area contributed by atoms with Crippen LogP contribution in [0.1, 0.15) is 25.7 Å². The number of carbonyl (C=O) groups is 5. The molecular formula is C15H25N5O7. The second kappa shape index (κ2) is 10.4. The molecular weight excluding hydrogens is 362 g/mol. The SMILES string of the molecule is NC(=O)CCC(N)C(=O)N1CCCC1C(=O)NC(CO)C(=O)NCC(=O)O. The summed E-state index contributed by atoms with van der Waals surface area (Å²) in [7, 11) is 0. The summed E-state index contributed by atoms with van der Waals surface area (Å²) >= 11 is 0. The molecule has 1 aliphatic rings. The number of rotatable bonds is 10. The average molecular weight is 387 g/mol. The van der Waals surface area contributed by atoms with Crippen LogP contribution < -0.4 is 22.1 Å². The number of nitrogens with two attached hydrogens (primary N) is 2. The smallest absolute Gasteiger partial charge is 0.322 e. The van der Waals surface area contributed by atoms with Gasteiger partial charge in [-0.05, 0) is 19.3 Å². The van der Waals surface area contributed by atoms with Crippen molar-refractivity contribution in [2.45, 2.75) is 43.8 Å². The second-order valence-corrected chi connectivity index (χ2v) is 6.16. The lowest BCUT2D eigenvalue weighted by atomic mass is 10.1. The highest BCUT2D eigenvalue weighted by Crippen LogP contribution is 2.19. The van der Waals surface area contributed by atoms with Gasteiger partial charge in [0.2, 0.25) is 23.6 Å². The lowest BCUT2D eigenvalue weighted by Gasteiger charge is -2.27. The highest BCUT2D eigenvalue weighted by atomic mass is 16.4. The standard InChI is InChI=1S/C15H25N5O7/c16-8(3-4-11(17)22)15(27)20-5-1-2-10(20)14(26)19-9(7-21)13(25)18-6-12(23)24/h8-10,21H,1-7,16H2,(H2,17,22)(H,18,25)(H,19,26)(H,23,24). The predicted molar refractivity (Wildman–Crippen MR) is 90.8 cm³/mol. The van der Waals surface area contributed by atoms with Crippen LogP contribution in [0.3, 0.4) is 0 Å². The number of aliphatic hydroxyl groups is 1. The van der Waals surface area contributed by atoms with Crippen LogP contribution in [0.5, 0.6) is 0 Å². The Morgan fingerprint density at radius 2 is 1.89 bits per heavy atom. The van der Waals surface area contributed by atoms with Crippen LogP contribution in [0, 0.1) is 0 Å². The molecule has 0 aliphatic carbocycles. The van der Waals surface area contributed by atoms with Gasteiger partial charge in [-0.15, -0.1) is 0 Å². The van der Waals surface area contributed by atoms with Crippen LogP contribution in [0.4, 0.5) is 0 Å². The number of primary amides is 1. The van der Waals surface area contributed by atoms with Crippen LogP contribution >= 0.6 is 0 Å². The summed E-state index contributed by atoms with van der Waals surface area (Å²) in [4.78, 5) is 59.2. The predicted octanol–water partition coefficient (Wildman–Crippen LogP) is -3.75. The molecule has 1 aliphatic heterocycles. The van der Waals surface area contributed by atoms with Crippen LogP contribution in [0.2, 0.25) is 0 Å². The van der Waals surface area contributed by atoms with E-state index in [1.807, 2.05) is 0 Å². The van der Waals surface area contributed by atoms with Crippen molar-refractivity contribution in [3.63, 3.8) is 0 Å². The van der Waals surface area contributed by atoms with Crippen molar-refractivity contribution >= 4 is 29.6 Å². The van der Waals surface area contributed by atoms with Crippen LogP contribution in [0.25, 0.3) is 0 Å². The van der Waals surface area contributed by atoms with Crippen molar-refractivity contribution in [3.8, 4) is 0 Å². The molecule has 4 amide bonds. The van der Waals surface area contributed by atoms with E-state index in [4.69, 9.17) is 16.6 Å². The molecule has 12 nitrogen and oxygen atoms in total. The van der Waals surface area contributed by atoms with Crippen molar-refractivity contribution in [2.75, 3.05) is 19.7 Å². The number of likely N-dealkylation sites (tertiary alicyclic amines) is 1. The van der Waals surface area contributed by atoms with Gasteiger partial charge in [-0.2, -0.15) is 0 Å². The normalized spacial score (nSPS) is 18.4. The third-order valence-corrected chi connectivity index (χ3v) is 4.09. The monoisotopic (exact) mass is 387 g/mol. The third kappa shape index (κ3) is 6.83. The van der Waals surface area contributed by atoms with E-state index in [9.17, 15) is 29.1 Å². The summed E-state index contributed by atoms with van der Waals surface area (Å²) < 4.78 is 0. The Bertz CT molecular complexity index is 597. The quantitative estimate of drug-likeness (QED) is 0.219. The maximum Gasteiger partial charge on any atom is 0.322 e. The summed E-state index contributed by atoms with van der Waals surface area (Å²) in [6.45, 7) is -1.11. The van der Waals surface area contributed by atoms with Crippen molar-refractivity contribution in [1.29, 1.82) is 0 Å². The molecule has 12 heteroatoms. The van der Waals surface area contributed by atoms with E-state index in [1.54, 1.807) is 0 Å². The van der Waals surface area contributed by atoms with E-state index >= 15 is 0 Å². The number of carboxylic acid groups (broad SMARTS) is 1. The first-order valence-electron chi connectivity index (χ1n) is 8.42. The maximum atomic E-state index is 12.4. The molecule has 1 fully saturated rings. The van der Waals surface area contributed by atoms with E-state index < -0.39 is 60.9 Å². The molecule has 152 valence electrons. The van der Waals surface area contributed by atoms with Gasteiger partial charge in [-0.25, -0.2) is 0 Å². The molecule has 0 saturated carbocycles. The maximum absolute atomic E-state index is 12.4. The number of carbonyl (C=O) groups excluding carboxylic acids is 4. The summed E-state index contributed by atoms with van der Waals surface area (Å²) in [5, 5.41) is 22.2. The van der Waals surface area contributed by atoms with E-state index in [2.05, 4.69) is 10.6 Å². The van der Waals surface area contributed by atoms with Crippen molar-refractivity contribution in [3.05, 3.63) is 0 Å². The number of nitrogens with one attached hydrogen (secondary N) is 2. The minimum absolute atomic E-state index is 0.0515. The van der Waals surface area contributed by atoms with Crippen molar-refractivity contribution in [1.82, 2.24) is 15.5 Å². The fourth-order valence-electron chi connectivity index (χ4n) is 2.69. The first-order valence-corrected chi connectivity index (χ1v) is 8.42. The molecule has 0 spiro atoms. The Hall–Kier alpha value is -2.73. The molecule has 8 N–H and O–H groups in total. The Morgan fingerprint density at radius 3 is 2.44 bits per heavy atom. The summed E-state index contributed by atoms with van der Waals surface area (Å²) in [6, 6.07) is -3.21. The van der Waals surface area contributed by atoms with E-state index in [0.717, 1.165) is 0 Å². The van der Waals surface area contributed by atoms with E-state index in [0.29, 0.717) is 12.8 Å². The minimum Gasteiger partial charge on any atom is -0.480 e. The first kappa shape index (κ1) is 22.3. The van der Waals surface area contributed by atoms with Crippen LogP contribution in [-0.2, 0) is 24.0 Å². The number of hydrogen-bond acceptors (Lipinski definition) is 7. The zero-order valence-electron chi connectivity index (χ0n) is 14.7. The van der Waals surface area contributed by atoms with Crippen molar-refractivity contribution < 1.29 is 34.2 Å². The van der Waals surface area contributed by atoms with Crippen LogP contribution in [0.15, 0.2) is 0 Å². The first-order chi connectivity index (χ1) is 12.7. The van der Waals surface area contributed by atoms with Gasteiger partial charge in [0.05, 0.1) is 12.6 Å². The van der Waals surface area contributed by atoms with Crippen LogP contribution in [-0.4, -0.2) is 82.5 Å². The number of amides is 4. The molecule has 27 heavy (non-hydrogen) atoms. The van der Waals surface area contributed by atoms with Gasteiger partial charge in [0, 0.05) is 13.0 Å². The fourth-order valence-corrected chi connectivity index (χ4v) is 2.69. The van der Waals surface area contributed by atoms with Crippen molar-refractivity contribution in [2.24, 2.45) is 11.5 Å². The number of hydrogen-bond donors (Lipinski definition) is 6. The topological polar surface area (TPSA) is 205 Å². The highest BCUT2D eigenvalue weighted by Gasteiger charge is 2.37. The Labute approximate surface area is 155 Å². The van der Waals surface area contributed by atoms with E-state index in [1.165, 1.54) is 4.90 Å². The van der Waals surface area contributed by atoms with Gasteiger partial charge in [-0.3, -0.25) is 24.0 Å². The summed E-state index contributed by atoms with van der Waals surface area (Å²) in [5.41, 5.74) is 10.8. The lowest BCUT2D eigenvalue weighted by Crippen LogP contribution is -2.56. The Morgan fingerprint density at radius 1 is 1.22 bits per heavy atom. The second-order valence-electron chi connectivity index (χ2n) is 6.16. The summed E-state index contributed by atoms with van der Waals surface area (Å²) in [6.07, 6.45) is 0.875. The third-order valence-electron chi connectivity index (χ3n) is 4.09. The zero-order chi connectivity index (χ0) is 20.6. The van der Waals surface area contributed by atoms with Gasteiger partial charge < -0.3 is 37.2 Å². The zero-order valence-corrected chi connectivity index (χ0v) is 14.7. The molecule has 3 unspecified atom stereocenters. The largest absolute Gasteiger partial charge is 0.480 e. The summed E-state index contributed by atoms with van der Waals surface area (Å²) in [5.74, 6) is -3.89. The Balaban J connectivity index is 2.68. The minimum atomic E-state index is -1.35. The molecule has 0 aromatic rings. The number of aliphatic carboxylic acids is 1. The van der Waals surface area contributed by atoms with E-state index in [-0.39, 0.29) is 19.4 Å². The number of carboxylic acids is 1. The van der Waals surface area contributed by atoms with Gasteiger partial charge in [0.1, 0.15) is 18.6 Å². The molecule has 0 aromatic heterocycles.